The van der Waals surface area contributed by atoms with Gasteiger partial charge in [-0.05, 0) is 12.1 Å². The zero-order chi connectivity index (χ0) is 12.9. The molecule has 1 aromatic rings. The van der Waals surface area contributed by atoms with Gasteiger partial charge in [0.2, 0.25) is 5.79 Å². The summed E-state index contributed by atoms with van der Waals surface area (Å²) in [4.78, 5) is 14.9. The molecular weight excluding hydrogens is 226 g/mol. The maximum atomic E-state index is 10.9. The van der Waals surface area contributed by atoms with Crippen molar-refractivity contribution in [3.63, 3.8) is 0 Å². The maximum absolute atomic E-state index is 10.9. The van der Waals surface area contributed by atoms with Gasteiger partial charge in [0, 0.05) is 27.5 Å². The van der Waals surface area contributed by atoms with Crippen LogP contribution >= 0.6 is 0 Å². The second-order valence-electron chi connectivity index (χ2n) is 3.33. The molecule has 0 saturated heterocycles. The van der Waals surface area contributed by atoms with Crippen LogP contribution in [0, 0.1) is 0 Å². The highest BCUT2D eigenvalue weighted by Gasteiger charge is 2.34. The predicted molar refractivity (Wildman–Crippen MR) is 58.8 cm³/mol. The molecule has 6 nitrogen and oxygen atoms in total. The number of carboxylic acids is 1. The minimum Gasteiger partial charge on any atom is -0.478 e. The monoisotopic (exact) mass is 241 g/mol. The number of hydrogen-bond acceptors (Lipinski definition) is 5. The van der Waals surface area contributed by atoms with Crippen LogP contribution in [0.2, 0.25) is 0 Å². The van der Waals surface area contributed by atoms with E-state index >= 15 is 0 Å². The number of rotatable bonds is 6. The lowest BCUT2D eigenvalue weighted by molar-refractivity contribution is -0.242. The number of methoxy groups -OCH3 is 3. The lowest BCUT2D eigenvalue weighted by atomic mass is 10.1. The Labute approximate surface area is 99.1 Å². The van der Waals surface area contributed by atoms with Crippen LogP contribution in [0.1, 0.15) is 16.1 Å². The Morgan fingerprint density at radius 3 is 2.53 bits per heavy atom. The smallest absolute Gasteiger partial charge is 0.335 e. The molecular formula is C11H15NO5. The highest BCUT2D eigenvalue weighted by Crippen LogP contribution is 2.25. The standard InChI is InChI=1S/C11H15NO5/c1-15-7-11(16-2,17-3)9-6-8(10(13)14)4-5-12-9/h4-6H,7H2,1-3H3,(H,13,14). The molecule has 0 spiro atoms. The van der Waals surface area contributed by atoms with E-state index < -0.39 is 11.8 Å². The van der Waals surface area contributed by atoms with Crippen LogP contribution in [-0.2, 0) is 20.0 Å². The van der Waals surface area contributed by atoms with Crippen LogP contribution < -0.4 is 0 Å². The number of hydrogen-bond donors (Lipinski definition) is 1. The fourth-order valence-electron chi connectivity index (χ4n) is 1.45. The lowest BCUT2D eigenvalue weighted by Gasteiger charge is -2.29. The van der Waals surface area contributed by atoms with Crippen molar-refractivity contribution in [2.45, 2.75) is 5.79 Å². The fourth-order valence-corrected chi connectivity index (χ4v) is 1.45. The van der Waals surface area contributed by atoms with Gasteiger partial charge in [0.05, 0.1) is 5.56 Å². The summed E-state index contributed by atoms with van der Waals surface area (Å²) in [6.45, 7) is 0.107. The molecule has 0 aliphatic heterocycles. The summed E-state index contributed by atoms with van der Waals surface area (Å²) in [6.07, 6.45) is 1.39. The summed E-state index contributed by atoms with van der Waals surface area (Å²) >= 11 is 0. The largest absolute Gasteiger partial charge is 0.478 e. The molecule has 1 aromatic heterocycles. The second-order valence-corrected chi connectivity index (χ2v) is 3.33. The first-order valence-corrected chi connectivity index (χ1v) is 4.88. The number of nitrogens with zero attached hydrogens (tertiary/aromatic N) is 1. The van der Waals surface area contributed by atoms with E-state index in [2.05, 4.69) is 4.98 Å². The quantitative estimate of drug-likeness (QED) is 0.745. The molecule has 1 rings (SSSR count). The Morgan fingerprint density at radius 1 is 1.41 bits per heavy atom. The molecule has 0 aliphatic rings. The van der Waals surface area contributed by atoms with Crippen LogP contribution in [0.4, 0.5) is 0 Å². The van der Waals surface area contributed by atoms with Crippen molar-refractivity contribution in [2.24, 2.45) is 0 Å². The van der Waals surface area contributed by atoms with Crippen LogP contribution in [0.25, 0.3) is 0 Å². The van der Waals surface area contributed by atoms with Crippen molar-refractivity contribution in [2.75, 3.05) is 27.9 Å². The van der Waals surface area contributed by atoms with Gasteiger partial charge in [-0.3, -0.25) is 4.98 Å². The Morgan fingerprint density at radius 2 is 2.06 bits per heavy atom. The van der Waals surface area contributed by atoms with Gasteiger partial charge >= 0.3 is 5.97 Å². The third-order valence-corrected chi connectivity index (χ3v) is 2.39. The Balaban J connectivity index is 3.18. The summed E-state index contributed by atoms with van der Waals surface area (Å²) in [6, 6.07) is 2.79. The summed E-state index contributed by atoms with van der Waals surface area (Å²) in [5, 5.41) is 8.91. The average Bonchev–Trinajstić information content (AvgIpc) is 2.36. The van der Waals surface area contributed by atoms with Crippen molar-refractivity contribution in [3.8, 4) is 0 Å². The molecule has 1 N–H and O–H groups in total. The van der Waals surface area contributed by atoms with Crippen molar-refractivity contribution in [1.29, 1.82) is 0 Å². The molecule has 0 unspecified atom stereocenters. The fraction of sp³-hybridized carbons (Fsp3) is 0.455. The van der Waals surface area contributed by atoms with E-state index in [1.807, 2.05) is 0 Å². The molecule has 94 valence electrons. The van der Waals surface area contributed by atoms with Crippen LogP contribution in [0.3, 0.4) is 0 Å². The van der Waals surface area contributed by atoms with Crippen molar-refractivity contribution < 1.29 is 24.1 Å². The van der Waals surface area contributed by atoms with Crippen molar-refractivity contribution >= 4 is 5.97 Å². The zero-order valence-corrected chi connectivity index (χ0v) is 9.97. The Hall–Kier alpha value is -1.50. The van der Waals surface area contributed by atoms with Crippen molar-refractivity contribution in [3.05, 3.63) is 29.6 Å². The zero-order valence-electron chi connectivity index (χ0n) is 9.97. The number of aromatic carboxylic acids is 1. The summed E-state index contributed by atoms with van der Waals surface area (Å²) in [5.74, 6) is -2.23. The predicted octanol–water partition coefficient (Wildman–Crippen LogP) is 0.872. The summed E-state index contributed by atoms with van der Waals surface area (Å²) in [7, 11) is 4.38. The van der Waals surface area contributed by atoms with E-state index in [4.69, 9.17) is 19.3 Å². The van der Waals surface area contributed by atoms with Gasteiger partial charge in [-0.2, -0.15) is 0 Å². The number of carboxylic acid groups (broad SMARTS) is 1. The van der Waals surface area contributed by atoms with Gasteiger partial charge in [0.1, 0.15) is 12.3 Å². The highest BCUT2D eigenvalue weighted by atomic mass is 16.7. The Bertz CT molecular complexity index is 389. The van der Waals surface area contributed by atoms with Gasteiger partial charge in [-0.1, -0.05) is 0 Å². The highest BCUT2D eigenvalue weighted by molar-refractivity contribution is 5.87. The molecule has 17 heavy (non-hydrogen) atoms. The van der Waals surface area contributed by atoms with Gasteiger partial charge in [0.25, 0.3) is 0 Å². The molecule has 0 amide bonds. The minimum absolute atomic E-state index is 0.107. The topological polar surface area (TPSA) is 77.9 Å². The molecule has 0 aromatic carbocycles. The summed E-state index contributed by atoms with van der Waals surface area (Å²) in [5.41, 5.74) is 0.467. The lowest BCUT2D eigenvalue weighted by Crippen LogP contribution is -2.37. The van der Waals surface area contributed by atoms with Crippen LogP contribution in [-0.4, -0.2) is 44.0 Å². The number of ether oxygens (including phenoxy) is 3. The summed E-state index contributed by atoms with van der Waals surface area (Å²) < 4.78 is 15.5. The first kappa shape index (κ1) is 13.6. The number of aromatic nitrogens is 1. The second kappa shape index (κ2) is 5.72. The first-order valence-electron chi connectivity index (χ1n) is 4.88. The molecule has 1 heterocycles. The molecule has 0 atom stereocenters. The van der Waals surface area contributed by atoms with Crippen molar-refractivity contribution in [1.82, 2.24) is 4.98 Å². The van der Waals surface area contributed by atoms with E-state index in [0.29, 0.717) is 5.69 Å². The molecule has 0 fully saturated rings. The molecule has 0 bridgehead atoms. The molecule has 0 saturated carbocycles. The maximum Gasteiger partial charge on any atom is 0.335 e. The number of carbonyl (C=O) groups is 1. The third-order valence-electron chi connectivity index (χ3n) is 2.39. The normalized spacial score (nSPS) is 11.5. The minimum atomic E-state index is -1.19. The van der Waals surface area contributed by atoms with Crippen LogP contribution in [0.5, 0.6) is 0 Å². The van der Waals surface area contributed by atoms with E-state index in [1.165, 1.54) is 39.7 Å². The van der Waals surface area contributed by atoms with Gasteiger partial charge in [-0.15, -0.1) is 0 Å². The van der Waals surface area contributed by atoms with E-state index in [1.54, 1.807) is 0 Å². The average molecular weight is 241 g/mol. The van der Waals surface area contributed by atoms with E-state index in [-0.39, 0.29) is 12.2 Å². The molecule has 6 heteroatoms. The third kappa shape index (κ3) is 2.79. The molecule has 0 aliphatic carbocycles. The number of pyridine rings is 1. The van der Waals surface area contributed by atoms with Crippen LogP contribution in [0.15, 0.2) is 18.3 Å². The van der Waals surface area contributed by atoms with E-state index in [0.717, 1.165) is 0 Å². The van der Waals surface area contributed by atoms with E-state index in [9.17, 15) is 4.79 Å². The Kier molecular flexibility index (Phi) is 4.56. The molecule has 0 radical (unpaired) electrons. The SMILES string of the molecule is COCC(OC)(OC)c1cc(C(=O)O)ccn1. The van der Waals surface area contributed by atoms with Gasteiger partial charge in [-0.25, -0.2) is 4.79 Å². The van der Waals surface area contributed by atoms with Gasteiger partial charge < -0.3 is 19.3 Å². The first-order chi connectivity index (χ1) is 8.09. The van der Waals surface area contributed by atoms with Gasteiger partial charge in [0.15, 0.2) is 0 Å².